The van der Waals surface area contributed by atoms with Gasteiger partial charge in [-0.3, -0.25) is 0 Å². The number of nitrogens with two attached hydrogens (primary N) is 2. The van der Waals surface area contributed by atoms with E-state index in [1.54, 1.807) is 40.1 Å². The third-order valence-electron chi connectivity index (χ3n) is 7.09. The van der Waals surface area contributed by atoms with Gasteiger partial charge in [0.05, 0.1) is 52.9 Å². The maximum Gasteiger partial charge on any atom is 0.342 e. The molecule has 3 aromatic heterocycles. The smallest absolute Gasteiger partial charge is 0.342 e. The summed E-state index contributed by atoms with van der Waals surface area (Å²) in [4.78, 5) is 61.8. The average Bonchev–Trinajstić information content (AvgIpc) is 3.72. The van der Waals surface area contributed by atoms with Crippen LogP contribution in [0.4, 0.5) is 20.0 Å². The van der Waals surface area contributed by atoms with Crippen LogP contribution in [0.5, 0.6) is 0 Å². The zero-order chi connectivity index (χ0) is 36.4. The lowest BCUT2D eigenvalue weighted by atomic mass is 9.90. The van der Waals surface area contributed by atoms with Gasteiger partial charge in [0.1, 0.15) is 42.3 Å². The topological polar surface area (TPSA) is 200 Å². The van der Waals surface area contributed by atoms with E-state index < -0.39 is 23.9 Å². The minimum atomic E-state index is -0.744. The van der Waals surface area contributed by atoms with E-state index in [9.17, 15) is 19.2 Å². The van der Waals surface area contributed by atoms with Crippen LogP contribution in [0, 0.1) is 5.41 Å². The van der Waals surface area contributed by atoms with Crippen molar-refractivity contribution in [3.8, 4) is 0 Å². The monoisotopic (exact) mass is 748 g/mol. The molecule has 1 fully saturated rings. The number of ether oxygens (including phenoxy) is 6. The molecule has 1 aliphatic rings. The molecule has 0 bridgehead atoms. The normalized spacial score (nSPS) is 13.8. The van der Waals surface area contributed by atoms with Gasteiger partial charge in [0.2, 0.25) is 0 Å². The quantitative estimate of drug-likeness (QED) is 0.0724. The Morgan fingerprint density at radius 2 is 1.22 bits per heavy atom. The fourth-order valence-corrected chi connectivity index (χ4v) is 7.49. The van der Waals surface area contributed by atoms with Gasteiger partial charge >= 0.3 is 23.9 Å². The van der Waals surface area contributed by atoms with Gasteiger partial charge in [-0.15, -0.1) is 11.3 Å². The van der Waals surface area contributed by atoms with Crippen molar-refractivity contribution in [2.75, 3.05) is 64.3 Å². The Morgan fingerprint density at radius 3 is 1.66 bits per heavy atom. The number of carbonyl (C=O) groups excluding carboxylic acids is 4. The fraction of sp³-hybridized carbons (Fsp3) is 0.455. The average molecular weight is 749 g/mol. The Labute approximate surface area is 301 Å². The summed E-state index contributed by atoms with van der Waals surface area (Å²) < 4.78 is 32.0. The first kappa shape index (κ1) is 38.6. The molecule has 3 aromatic rings. The molecule has 0 unspecified atom stereocenters. The summed E-state index contributed by atoms with van der Waals surface area (Å²) in [6.45, 7) is 11.3. The van der Waals surface area contributed by atoms with Gasteiger partial charge in [0, 0.05) is 27.6 Å². The lowest BCUT2D eigenvalue weighted by Gasteiger charge is -2.37. The number of esters is 4. The van der Waals surface area contributed by atoms with Gasteiger partial charge in [0.25, 0.3) is 0 Å². The molecule has 0 saturated carbocycles. The molecular weight excluding hydrogens is 709 g/mol. The molecule has 14 nitrogen and oxygen atoms in total. The second-order valence-electron chi connectivity index (χ2n) is 11.1. The molecule has 1 saturated heterocycles. The van der Waals surface area contributed by atoms with E-state index in [2.05, 4.69) is 16.9 Å². The van der Waals surface area contributed by atoms with Crippen LogP contribution >= 0.6 is 34.0 Å². The first-order chi connectivity index (χ1) is 24.0. The van der Waals surface area contributed by atoms with Crippen LogP contribution in [0.25, 0.3) is 0 Å². The summed E-state index contributed by atoms with van der Waals surface area (Å²) in [6.07, 6.45) is 3.64. The van der Waals surface area contributed by atoms with Crippen LogP contribution in [0.2, 0.25) is 0 Å². The van der Waals surface area contributed by atoms with Gasteiger partial charge in [0.15, 0.2) is 0 Å². The standard InChI is InChI=1S/C33H40N4O10S3/c1-6-44-29(38)21-23(31(40)46-8-3)27(49-25(21)34)36-13-19-12-18(10-11-42-15-33(5)16-43-17-33)20(48-19)14-37-28-24(32(41)47-9-4)22(26(35)50-28)30(39)45-7-2/h12-14H,6-11,15-17,34-35H2,1-5H3. The molecular formula is C33H40N4O10S3. The van der Waals surface area contributed by atoms with Gasteiger partial charge in [-0.1, -0.05) is 29.6 Å². The molecule has 0 aromatic carbocycles. The van der Waals surface area contributed by atoms with Gasteiger partial charge < -0.3 is 39.9 Å². The molecule has 4 heterocycles. The molecule has 0 aliphatic carbocycles. The Balaban J connectivity index is 1.71. The molecule has 270 valence electrons. The third kappa shape index (κ3) is 9.14. The van der Waals surface area contributed by atoms with Crippen molar-refractivity contribution in [1.29, 1.82) is 0 Å². The summed E-state index contributed by atoms with van der Waals surface area (Å²) in [5, 5.41) is 0.533. The summed E-state index contributed by atoms with van der Waals surface area (Å²) >= 11 is 3.27. The number of hydrogen-bond acceptors (Lipinski definition) is 17. The molecule has 0 atom stereocenters. The summed E-state index contributed by atoms with van der Waals surface area (Å²) in [7, 11) is 0. The molecule has 0 spiro atoms. The maximum absolute atomic E-state index is 13.0. The largest absolute Gasteiger partial charge is 0.462 e. The second kappa shape index (κ2) is 17.7. The molecule has 0 radical (unpaired) electrons. The van der Waals surface area contributed by atoms with Crippen molar-refractivity contribution in [2.45, 2.75) is 41.0 Å². The van der Waals surface area contributed by atoms with Crippen molar-refractivity contribution in [1.82, 2.24) is 0 Å². The van der Waals surface area contributed by atoms with Crippen LogP contribution in [-0.2, 0) is 34.8 Å². The van der Waals surface area contributed by atoms with E-state index in [4.69, 9.17) is 39.9 Å². The van der Waals surface area contributed by atoms with Crippen LogP contribution in [-0.4, -0.2) is 89.2 Å². The predicted molar refractivity (Wildman–Crippen MR) is 194 cm³/mol. The van der Waals surface area contributed by atoms with E-state index in [1.807, 2.05) is 6.07 Å². The number of nitrogen functional groups attached to an aromatic ring is 2. The van der Waals surface area contributed by atoms with Gasteiger partial charge in [-0.2, -0.15) is 0 Å². The Bertz CT molecular complexity index is 1770. The lowest BCUT2D eigenvalue weighted by molar-refractivity contribution is -0.137. The minimum absolute atomic E-state index is 0.0163. The molecule has 0 amide bonds. The van der Waals surface area contributed by atoms with E-state index in [-0.39, 0.29) is 74.1 Å². The number of hydrogen-bond donors (Lipinski definition) is 2. The fourth-order valence-electron chi connectivity index (χ4n) is 4.76. The summed E-state index contributed by atoms with van der Waals surface area (Å²) in [6, 6.07) is 1.90. The zero-order valence-electron chi connectivity index (χ0n) is 28.5. The van der Waals surface area contributed by atoms with Crippen LogP contribution in [0.15, 0.2) is 16.1 Å². The SMILES string of the molecule is CCOC(=O)c1c(N)sc(N=Cc2cc(CCOCC3(C)COC3)c(C=Nc3sc(N)c(C(=O)OCC)c3C(=O)OCC)s2)c1C(=O)OCC. The maximum atomic E-state index is 13.0. The lowest BCUT2D eigenvalue weighted by Crippen LogP contribution is -2.43. The minimum Gasteiger partial charge on any atom is -0.462 e. The zero-order valence-corrected chi connectivity index (χ0v) is 30.9. The van der Waals surface area contributed by atoms with Crippen LogP contribution in [0.1, 0.15) is 91.4 Å². The molecule has 4 rings (SSSR count). The number of carbonyl (C=O) groups is 4. The molecule has 50 heavy (non-hydrogen) atoms. The van der Waals surface area contributed by atoms with Gasteiger partial charge in [-0.25, -0.2) is 29.2 Å². The summed E-state index contributed by atoms with van der Waals surface area (Å²) in [5.41, 5.74) is 12.9. The first-order valence-corrected chi connectivity index (χ1v) is 18.3. The highest BCUT2D eigenvalue weighted by Crippen LogP contribution is 2.40. The van der Waals surface area contributed by atoms with E-state index in [1.165, 1.54) is 11.3 Å². The number of rotatable bonds is 17. The predicted octanol–water partition coefficient (Wildman–Crippen LogP) is 5.84. The first-order valence-electron chi connectivity index (χ1n) is 15.9. The van der Waals surface area contributed by atoms with E-state index in [0.29, 0.717) is 37.7 Å². The number of thiophene rings is 3. The van der Waals surface area contributed by atoms with Crippen LogP contribution < -0.4 is 11.5 Å². The van der Waals surface area contributed by atoms with Crippen molar-refractivity contribution in [3.05, 3.63) is 43.6 Å². The van der Waals surface area contributed by atoms with E-state index >= 15 is 0 Å². The van der Waals surface area contributed by atoms with Crippen molar-refractivity contribution in [2.24, 2.45) is 15.4 Å². The Kier molecular flexibility index (Phi) is 13.7. The Hall–Kier alpha value is -4.16. The van der Waals surface area contributed by atoms with Gasteiger partial charge in [-0.05, 0) is 45.7 Å². The Morgan fingerprint density at radius 1 is 0.760 bits per heavy atom. The highest BCUT2D eigenvalue weighted by atomic mass is 32.1. The number of nitrogens with zero attached hydrogens (tertiary/aromatic N) is 2. The van der Waals surface area contributed by atoms with Crippen LogP contribution in [0.3, 0.4) is 0 Å². The molecule has 17 heteroatoms. The second-order valence-corrected chi connectivity index (χ2v) is 14.3. The molecule has 4 N–H and O–H groups in total. The van der Waals surface area contributed by atoms with E-state index in [0.717, 1.165) is 33.1 Å². The van der Waals surface area contributed by atoms with Crippen molar-refractivity contribution in [3.63, 3.8) is 0 Å². The number of anilines is 2. The molecule has 1 aliphatic heterocycles. The third-order valence-corrected chi connectivity index (χ3v) is 9.99. The summed E-state index contributed by atoms with van der Waals surface area (Å²) in [5.74, 6) is -2.97. The van der Waals surface area contributed by atoms with Crippen molar-refractivity contribution >= 4 is 90.3 Å². The highest BCUT2D eigenvalue weighted by molar-refractivity contribution is 7.21. The van der Waals surface area contributed by atoms with Crippen molar-refractivity contribution < 1.29 is 47.6 Å². The highest BCUT2D eigenvalue weighted by Gasteiger charge is 2.34. The number of aliphatic imine (C=N–C) groups is 2.